The first-order chi connectivity index (χ1) is 7.63. The fourth-order valence-corrected chi connectivity index (χ4v) is 2.54. The van der Waals surface area contributed by atoms with E-state index in [-0.39, 0.29) is 0 Å². The van der Waals surface area contributed by atoms with E-state index in [1.807, 2.05) is 20.2 Å². The van der Waals surface area contributed by atoms with Gasteiger partial charge in [0.05, 0.1) is 0 Å². The third-order valence-electron chi connectivity index (χ3n) is 3.41. The van der Waals surface area contributed by atoms with Crippen molar-refractivity contribution in [1.82, 2.24) is 10.3 Å². The van der Waals surface area contributed by atoms with Gasteiger partial charge in [-0.1, -0.05) is 6.92 Å². The van der Waals surface area contributed by atoms with Crippen LogP contribution in [-0.2, 0) is 0 Å². The Morgan fingerprint density at radius 1 is 1.56 bits per heavy atom. The number of rotatable bonds is 3. The molecule has 2 rings (SSSR count). The highest BCUT2D eigenvalue weighted by Crippen LogP contribution is 2.32. The lowest BCUT2D eigenvalue weighted by Crippen LogP contribution is -2.33. The molecular weight excluding hydrogens is 198 g/mol. The molecule has 16 heavy (non-hydrogen) atoms. The Kier molecular flexibility index (Phi) is 3.15. The summed E-state index contributed by atoms with van der Waals surface area (Å²) < 4.78 is 0. The Morgan fingerprint density at radius 3 is 3.06 bits per heavy atom. The summed E-state index contributed by atoms with van der Waals surface area (Å²) in [4.78, 5) is 6.71. The Hall–Kier alpha value is -1.09. The summed E-state index contributed by atoms with van der Waals surface area (Å²) in [6.45, 7) is 7.79. The molecule has 1 fully saturated rings. The van der Waals surface area contributed by atoms with Crippen molar-refractivity contribution < 1.29 is 0 Å². The summed E-state index contributed by atoms with van der Waals surface area (Å²) in [5, 5.41) is 3.29. The molecule has 1 aromatic rings. The molecule has 0 amide bonds. The summed E-state index contributed by atoms with van der Waals surface area (Å²) >= 11 is 0. The van der Waals surface area contributed by atoms with Crippen molar-refractivity contribution in [3.8, 4) is 0 Å². The molecular formula is C13H21N3. The largest absolute Gasteiger partial charge is 0.371 e. The second-order valence-corrected chi connectivity index (χ2v) is 5.17. The number of nitrogens with zero attached hydrogens (tertiary/aromatic N) is 2. The van der Waals surface area contributed by atoms with Crippen molar-refractivity contribution in [2.75, 3.05) is 31.6 Å². The molecule has 3 nitrogen and oxygen atoms in total. The Labute approximate surface area is 97.9 Å². The Morgan fingerprint density at radius 2 is 2.38 bits per heavy atom. The van der Waals surface area contributed by atoms with Crippen molar-refractivity contribution in [3.63, 3.8) is 0 Å². The molecule has 1 aliphatic heterocycles. The van der Waals surface area contributed by atoms with E-state index >= 15 is 0 Å². The zero-order valence-corrected chi connectivity index (χ0v) is 10.5. The molecule has 0 aromatic carbocycles. The van der Waals surface area contributed by atoms with Crippen LogP contribution >= 0.6 is 0 Å². The second-order valence-electron chi connectivity index (χ2n) is 5.17. The van der Waals surface area contributed by atoms with Crippen molar-refractivity contribution in [2.45, 2.75) is 20.3 Å². The average molecular weight is 219 g/mol. The quantitative estimate of drug-likeness (QED) is 0.840. The average Bonchev–Trinajstić information content (AvgIpc) is 2.61. The molecule has 1 aliphatic rings. The molecule has 0 spiro atoms. The van der Waals surface area contributed by atoms with Gasteiger partial charge >= 0.3 is 0 Å². The van der Waals surface area contributed by atoms with E-state index in [9.17, 15) is 0 Å². The number of aromatic nitrogens is 1. The maximum atomic E-state index is 4.24. The third-order valence-corrected chi connectivity index (χ3v) is 3.41. The van der Waals surface area contributed by atoms with E-state index in [4.69, 9.17) is 0 Å². The van der Waals surface area contributed by atoms with Gasteiger partial charge in [0, 0.05) is 37.2 Å². The van der Waals surface area contributed by atoms with E-state index in [1.165, 1.54) is 12.1 Å². The first-order valence-corrected chi connectivity index (χ1v) is 5.95. The molecule has 0 radical (unpaired) electrons. The lowest BCUT2D eigenvalue weighted by molar-refractivity contribution is 0.356. The standard InChI is InChI=1S/C13H21N3/c1-11-8-12(4-6-15-11)16-7-5-13(2,10-16)9-14-3/h4,6,8,14H,5,7,9-10H2,1-3H3. The van der Waals surface area contributed by atoms with Gasteiger partial charge in [-0.15, -0.1) is 0 Å². The topological polar surface area (TPSA) is 28.2 Å². The summed E-state index contributed by atoms with van der Waals surface area (Å²) in [6.07, 6.45) is 3.16. The molecule has 0 aliphatic carbocycles. The van der Waals surface area contributed by atoms with Crippen LogP contribution in [-0.4, -0.2) is 31.7 Å². The van der Waals surface area contributed by atoms with Crippen LogP contribution in [0, 0.1) is 12.3 Å². The first kappa shape index (κ1) is 11.4. The van der Waals surface area contributed by atoms with Gasteiger partial charge in [0.25, 0.3) is 0 Å². The maximum absolute atomic E-state index is 4.24. The fourth-order valence-electron chi connectivity index (χ4n) is 2.54. The molecule has 1 saturated heterocycles. The molecule has 88 valence electrons. The summed E-state index contributed by atoms with van der Waals surface area (Å²) in [6, 6.07) is 4.28. The SMILES string of the molecule is CNCC1(C)CCN(c2ccnc(C)c2)C1. The highest BCUT2D eigenvalue weighted by atomic mass is 15.2. The maximum Gasteiger partial charge on any atom is 0.0399 e. The molecule has 1 atom stereocenters. The highest BCUT2D eigenvalue weighted by molar-refractivity contribution is 5.47. The number of hydrogen-bond acceptors (Lipinski definition) is 3. The van der Waals surface area contributed by atoms with Crippen LogP contribution in [0.25, 0.3) is 0 Å². The third kappa shape index (κ3) is 2.35. The molecule has 2 heterocycles. The Bertz CT molecular complexity index is 364. The van der Waals surface area contributed by atoms with Crippen LogP contribution in [0.3, 0.4) is 0 Å². The molecule has 1 N–H and O–H groups in total. The Balaban J connectivity index is 2.09. The van der Waals surface area contributed by atoms with Crippen LogP contribution in [0.4, 0.5) is 5.69 Å². The zero-order chi connectivity index (χ0) is 11.6. The number of anilines is 1. The molecule has 1 unspecified atom stereocenters. The molecule has 1 aromatic heterocycles. The van der Waals surface area contributed by atoms with Crippen LogP contribution in [0.1, 0.15) is 19.0 Å². The van der Waals surface area contributed by atoms with Crippen LogP contribution in [0.2, 0.25) is 0 Å². The summed E-state index contributed by atoms with van der Waals surface area (Å²) in [7, 11) is 2.03. The highest BCUT2D eigenvalue weighted by Gasteiger charge is 2.33. The zero-order valence-electron chi connectivity index (χ0n) is 10.5. The minimum Gasteiger partial charge on any atom is -0.371 e. The van der Waals surface area contributed by atoms with Gasteiger partial charge in [0.2, 0.25) is 0 Å². The predicted octanol–water partition coefficient (Wildman–Crippen LogP) is 1.83. The van der Waals surface area contributed by atoms with Crippen LogP contribution in [0.5, 0.6) is 0 Å². The van der Waals surface area contributed by atoms with Crippen molar-refractivity contribution in [2.24, 2.45) is 5.41 Å². The predicted molar refractivity (Wildman–Crippen MR) is 67.8 cm³/mol. The first-order valence-electron chi connectivity index (χ1n) is 5.95. The molecule has 0 bridgehead atoms. The van der Waals surface area contributed by atoms with Gasteiger partial charge in [-0.3, -0.25) is 4.98 Å². The molecule has 3 heteroatoms. The lowest BCUT2D eigenvalue weighted by Gasteiger charge is -2.25. The van der Waals surface area contributed by atoms with E-state index < -0.39 is 0 Å². The number of aryl methyl sites for hydroxylation is 1. The van der Waals surface area contributed by atoms with Crippen molar-refractivity contribution in [1.29, 1.82) is 0 Å². The van der Waals surface area contributed by atoms with E-state index in [0.717, 1.165) is 25.3 Å². The number of hydrogen-bond donors (Lipinski definition) is 1. The van der Waals surface area contributed by atoms with E-state index in [0.29, 0.717) is 5.41 Å². The van der Waals surface area contributed by atoms with Gasteiger partial charge in [-0.25, -0.2) is 0 Å². The van der Waals surface area contributed by atoms with E-state index in [1.54, 1.807) is 0 Å². The van der Waals surface area contributed by atoms with Gasteiger partial charge in [-0.2, -0.15) is 0 Å². The van der Waals surface area contributed by atoms with Crippen molar-refractivity contribution in [3.05, 3.63) is 24.0 Å². The van der Waals surface area contributed by atoms with E-state index in [2.05, 4.69) is 34.3 Å². The summed E-state index contributed by atoms with van der Waals surface area (Å²) in [5.41, 5.74) is 2.82. The second kappa shape index (κ2) is 4.42. The van der Waals surface area contributed by atoms with Gasteiger partial charge in [0.1, 0.15) is 0 Å². The van der Waals surface area contributed by atoms with Crippen LogP contribution < -0.4 is 10.2 Å². The normalized spacial score (nSPS) is 25.1. The van der Waals surface area contributed by atoms with Crippen molar-refractivity contribution >= 4 is 5.69 Å². The van der Waals surface area contributed by atoms with Crippen LogP contribution in [0.15, 0.2) is 18.3 Å². The summed E-state index contributed by atoms with van der Waals surface area (Å²) in [5.74, 6) is 0. The molecule has 0 saturated carbocycles. The lowest BCUT2D eigenvalue weighted by atomic mass is 9.90. The number of nitrogens with one attached hydrogen (secondary N) is 1. The smallest absolute Gasteiger partial charge is 0.0399 e. The number of pyridine rings is 1. The minimum atomic E-state index is 0.409. The fraction of sp³-hybridized carbons (Fsp3) is 0.615. The minimum absolute atomic E-state index is 0.409. The van der Waals surface area contributed by atoms with Gasteiger partial charge in [-0.05, 0) is 37.9 Å². The monoisotopic (exact) mass is 219 g/mol. The van der Waals surface area contributed by atoms with Gasteiger partial charge < -0.3 is 10.2 Å². The van der Waals surface area contributed by atoms with Gasteiger partial charge in [0.15, 0.2) is 0 Å².